The van der Waals surface area contributed by atoms with Crippen LogP contribution in [0.5, 0.6) is 23.1 Å². The summed E-state index contributed by atoms with van der Waals surface area (Å²) in [5, 5.41) is 19.0. The molecular formula is C37H37NO4. The van der Waals surface area contributed by atoms with Crippen molar-refractivity contribution in [1.82, 2.24) is 4.98 Å². The Labute approximate surface area is 248 Å². The van der Waals surface area contributed by atoms with Gasteiger partial charge in [0.2, 0.25) is 5.88 Å². The summed E-state index contributed by atoms with van der Waals surface area (Å²) in [6.07, 6.45) is 4.37. The Bertz CT molecular complexity index is 1410. The molecule has 5 nitrogen and oxygen atoms in total. The highest BCUT2D eigenvalue weighted by Gasteiger charge is 2.06. The quantitative estimate of drug-likeness (QED) is 0.160. The van der Waals surface area contributed by atoms with Crippen molar-refractivity contribution in [2.24, 2.45) is 0 Å². The van der Waals surface area contributed by atoms with Gasteiger partial charge in [-0.25, -0.2) is 4.98 Å². The minimum Gasteiger partial charge on any atom is -0.456 e. The fourth-order valence-electron chi connectivity index (χ4n) is 4.65. The normalized spacial score (nSPS) is 12.5. The average molecular weight is 560 g/mol. The van der Waals surface area contributed by atoms with Gasteiger partial charge in [0.25, 0.3) is 0 Å². The first-order valence-corrected chi connectivity index (χ1v) is 14.5. The summed E-state index contributed by atoms with van der Waals surface area (Å²) in [4.78, 5) is 4.41. The molecule has 0 aliphatic rings. The number of aryl methyl sites for hydroxylation is 2. The highest BCUT2D eigenvalue weighted by Crippen LogP contribution is 2.29. The van der Waals surface area contributed by atoms with Gasteiger partial charge in [-0.15, -0.1) is 0 Å². The molecule has 0 saturated carbocycles. The van der Waals surface area contributed by atoms with Crippen LogP contribution in [0.15, 0.2) is 115 Å². The summed E-state index contributed by atoms with van der Waals surface area (Å²) in [7, 11) is 0. The molecule has 5 heteroatoms. The van der Waals surface area contributed by atoms with Gasteiger partial charge in [-0.3, -0.25) is 0 Å². The fraction of sp³-hybridized carbons (Fsp3) is 0.216. The third-order valence-electron chi connectivity index (χ3n) is 7.15. The number of nitrogens with zero attached hydrogens (tertiary/aromatic N) is 1. The van der Waals surface area contributed by atoms with Gasteiger partial charge in [0.05, 0.1) is 18.4 Å². The smallest absolute Gasteiger partial charge is 0.219 e. The molecule has 0 fully saturated rings. The van der Waals surface area contributed by atoms with Gasteiger partial charge >= 0.3 is 0 Å². The zero-order valence-electron chi connectivity index (χ0n) is 24.1. The third-order valence-corrected chi connectivity index (χ3v) is 7.15. The lowest BCUT2D eigenvalue weighted by atomic mass is 10.0. The number of aliphatic hydroxyl groups excluding tert-OH is 2. The van der Waals surface area contributed by atoms with E-state index >= 15 is 0 Å². The summed E-state index contributed by atoms with van der Waals surface area (Å²) in [5.41, 5.74) is 6.95. The summed E-state index contributed by atoms with van der Waals surface area (Å²) in [6, 6.07) is 36.5. The van der Waals surface area contributed by atoms with Gasteiger partial charge in [0.15, 0.2) is 0 Å². The number of aliphatic hydroxyl groups is 2. The Hall–Kier alpha value is -4.45. The third kappa shape index (κ3) is 8.29. The predicted octanol–water partition coefficient (Wildman–Crippen LogP) is 8.63. The molecule has 0 bridgehead atoms. The molecule has 0 radical (unpaired) electrons. The van der Waals surface area contributed by atoms with Gasteiger partial charge in [-0.1, -0.05) is 72.8 Å². The number of ether oxygens (including phenoxy) is 2. The highest BCUT2D eigenvalue weighted by molar-refractivity contribution is 5.65. The van der Waals surface area contributed by atoms with Crippen LogP contribution in [-0.4, -0.2) is 27.4 Å². The van der Waals surface area contributed by atoms with Crippen molar-refractivity contribution in [1.29, 1.82) is 0 Å². The van der Waals surface area contributed by atoms with Crippen molar-refractivity contribution in [3.63, 3.8) is 0 Å². The second kappa shape index (κ2) is 13.9. The van der Waals surface area contributed by atoms with Crippen molar-refractivity contribution >= 4 is 0 Å². The van der Waals surface area contributed by atoms with E-state index in [1.807, 2.05) is 68.4 Å². The number of benzene rings is 4. The summed E-state index contributed by atoms with van der Waals surface area (Å²) >= 11 is 0. The minimum absolute atomic E-state index is 0.281. The number of pyridine rings is 1. The van der Waals surface area contributed by atoms with Crippen LogP contribution in [0.4, 0.5) is 0 Å². The Balaban J connectivity index is 1.13. The molecule has 0 saturated heterocycles. The second-order valence-corrected chi connectivity index (χ2v) is 10.8. The molecular weight excluding hydrogens is 522 g/mol. The number of hydrogen-bond donors (Lipinski definition) is 2. The van der Waals surface area contributed by atoms with Crippen LogP contribution in [0.1, 0.15) is 37.8 Å². The van der Waals surface area contributed by atoms with Crippen LogP contribution in [0.2, 0.25) is 0 Å². The first-order valence-electron chi connectivity index (χ1n) is 14.5. The van der Waals surface area contributed by atoms with E-state index in [-0.39, 0.29) is 12.2 Å². The van der Waals surface area contributed by atoms with Crippen molar-refractivity contribution in [3.05, 3.63) is 127 Å². The number of hydrogen-bond acceptors (Lipinski definition) is 5. The standard InChI is InChI=1S/C37H37NO4/c1-26(39)3-5-28-7-11-30(12-8-28)32-15-19-34(20-16-32)41-36-23-24-37(38-25-36)42-35-21-17-33(18-22-35)31-13-9-29(10-14-31)6-4-27(2)40/h7-27,39-40H,3-6H2,1-2H3. The van der Waals surface area contributed by atoms with Gasteiger partial charge in [0, 0.05) is 6.07 Å². The summed E-state index contributed by atoms with van der Waals surface area (Å²) < 4.78 is 11.9. The van der Waals surface area contributed by atoms with E-state index in [9.17, 15) is 10.2 Å². The molecule has 5 rings (SSSR count). The fourth-order valence-corrected chi connectivity index (χ4v) is 4.65. The molecule has 214 valence electrons. The van der Waals surface area contributed by atoms with Crippen LogP contribution in [0, 0.1) is 0 Å². The lowest BCUT2D eigenvalue weighted by molar-refractivity contribution is 0.184. The molecule has 0 aliphatic heterocycles. The Morgan fingerprint density at radius 2 is 0.881 bits per heavy atom. The largest absolute Gasteiger partial charge is 0.456 e. The van der Waals surface area contributed by atoms with Gasteiger partial charge in [-0.05, 0) is 103 Å². The van der Waals surface area contributed by atoms with Crippen molar-refractivity contribution in [2.75, 3.05) is 0 Å². The lowest BCUT2D eigenvalue weighted by Gasteiger charge is -2.10. The highest BCUT2D eigenvalue weighted by atomic mass is 16.5. The van der Waals surface area contributed by atoms with Gasteiger partial charge in [-0.2, -0.15) is 0 Å². The summed E-state index contributed by atoms with van der Waals surface area (Å²) in [5.74, 6) is 2.56. The lowest BCUT2D eigenvalue weighted by Crippen LogP contribution is -2.01. The molecule has 1 aromatic heterocycles. The van der Waals surface area contributed by atoms with Crippen LogP contribution in [0.25, 0.3) is 22.3 Å². The Morgan fingerprint density at radius 1 is 0.500 bits per heavy atom. The molecule has 1 heterocycles. The molecule has 0 spiro atoms. The number of rotatable bonds is 12. The molecule has 2 atom stereocenters. The zero-order valence-corrected chi connectivity index (χ0v) is 24.1. The summed E-state index contributed by atoms with van der Waals surface area (Å²) in [6.45, 7) is 3.64. The van der Waals surface area contributed by atoms with Crippen LogP contribution >= 0.6 is 0 Å². The first-order chi connectivity index (χ1) is 20.4. The van der Waals surface area contributed by atoms with Crippen LogP contribution in [0.3, 0.4) is 0 Å². The maximum absolute atomic E-state index is 9.49. The van der Waals surface area contributed by atoms with E-state index in [4.69, 9.17) is 9.47 Å². The number of aromatic nitrogens is 1. The molecule has 4 aromatic carbocycles. The van der Waals surface area contributed by atoms with E-state index in [0.717, 1.165) is 53.7 Å². The Kier molecular flexibility index (Phi) is 9.65. The first kappa shape index (κ1) is 29.1. The van der Waals surface area contributed by atoms with Crippen molar-refractivity contribution in [3.8, 4) is 45.4 Å². The molecule has 0 aliphatic carbocycles. The molecule has 0 amide bonds. The van der Waals surface area contributed by atoms with Crippen molar-refractivity contribution in [2.45, 2.75) is 51.7 Å². The molecule has 42 heavy (non-hydrogen) atoms. The van der Waals surface area contributed by atoms with Gasteiger partial charge < -0.3 is 19.7 Å². The topological polar surface area (TPSA) is 71.8 Å². The maximum Gasteiger partial charge on any atom is 0.219 e. The second-order valence-electron chi connectivity index (χ2n) is 10.8. The minimum atomic E-state index is -0.281. The van der Waals surface area contributed by atoms with E-state index < -0.39 is 0 Å². The average Bonchev–Trinajstić information content (AvgIpc) is 3.01. The molecule has 2 N–H and O–H groups in total. The van der Waals surface area contributed by atoms with E-state index in [1.54, 1.807) is 12.3 Å². The molecule has 2 unspecified atom stereocenters. The van der Waals surface area contributed by atoms with E-state index in [0.29, 0.717) is 17.4 Å². The SMILES string of the molecule is CC(O)CCc1ccc(-c2ccc(Oc3ccc(Oc4ccc(-c5ccc(CCC(C)O)cc5)cc4)nc3)cc2)cc1. The van der Waals surface area contributed by atoms with E-state index in [1.165, 1.54) is 11.1 Å². The van der Waals surface area contributed by atoms with Crippen LogP contribution < -0.4 is 9.47 Å². The van der Waals surface area contributed by atoms with Crippen molar-refractivity contribution < 1.29 is 19.7 Å². The molecule has 5 aromatic rings. The zero-order chi connectivity index (χ0) is 29.3. The van der Waals surface area contributed by atoms with E-state index in [2.05, 4.69) is 53.5 Å². The predicted molar refractivity (Wildman–Crippen MR) is 168 cm³/mol. The monoisotopic (exact) mass is 559 g/mol. The van der Waals surface area contributed by atoms with Gasteiger partial charge in [0.1, 0.15) is 17.2 Å². The van der Waals surface area contributed by atoms with Crippen LogP contribution in [-0.2, 0) is 12.8 Å². The Morgan fingerprint density at radius 3 is 1.26 bits per heavy atom. The maximum atomic E-state index is 9.49.